The Balaban J connectivity index is 1.22. The quantitative estimate of drug-likeness (QED) is 0.478. The number of nitrogens with zero attached hydrogens (tertiary/aromatic N) is 5. The van der Waals surface area contributed by atoms with E-state index in [1.165, 1.54) is 29.5 Å². The number of thioether (sulfide) groups is 1. The van der Waals surface area contributed by atoms with Gasteiger partial charge in [-0.2, -0.15) is 5.10 Å². The van der Waals surface area contributed by atoms with Gasteiger partial charge in [0.05, 0.1) is 6.61 Å². The summed E-state index contributed by atoms with van der Waals surface area (Å²) in [4.78, 5) is 19.6. The van der Waals surface area contributed by atoms with Gasteiger partial charge in [0.15, 0.2) is 0 Å². The van der Waals surface area contributed by atoms with E-state index in [9.17, 15) is 13.6 Å². The standard InChI is InChI=1S/C25H27F2N5O3S/c1-18(33)30-8-10-31(11-9-30)21-5-2-19(3-6-21)14-36-24-13-34-25(35-24,15-32-17-28-16-29-32)22-7-4-20(26)12-23(22)27/h2-7,12,16-17,24H,8-11,13-15H2,1H3. The number of benzene rings is 2. The van der Waals surface area contributed by atoms with E-state index in [-0.39, 0.29) is 30.1 Å². The lowest BCUT2D eigenvalue weighted by Gasteiger charge is -2.35. The van der Waals surface area contributed by atoms with Crippen LogP contribution in [0.25, 0.3) is 0 Å². The molecule has 0 N–H and O–H groups in total. The largest absolute Gasteiger partial charge is 0.368 e. The molecule has 2 aromatic carbocycles. The van der Waals surface area contributed by atoms with Crippen LogP contribution in [0.1, 0.15) is 18.1 Å². The fraction of sp³-hybridized carbons (Fsp3) is 0.400. The lowest BCUT2D eigenvalue weighted by Crippen LogP contribution is -2.48. The van der Waals surface area contributed by atoms with Crippen LogP contribution in [0.2, 0.25) is 0 Å². The average molecular weight is 516 g/mol. The van der Waals surface area contributed by atoms with Crippen molar-refractivity contribution in [3.05, 3.63) is 77.9 Å². The van der Waals surface area contributed by atoms with E-state index < -0.39 is 17.4 Å². The molecule has 8 nitrogen and oxygen atoms in total. The van der Waals surface area contributed by atoms with E-state index in [0.717, 1.165) is 43.5 Å². The Morgan fingerprint density at radius 3 is 2.58 bits per heavy atom. The Morgan fingerprint density at radius 1 is 1.14 bits per heavy atom. The molecule has 1 aromatic heterocycles. The second-order valence-electron chi connectivity index (χ2n) is 8.80. The van der Waals surface area contributed by atoms with E-state index in [4.69, 9.17) is 9.47 Å². The number of rotatable bonds is 7. The third-order valence-corrected chi connectivity index (χ3v) is 7.52. The van der Waals surface area contributed by atoms with Gasteiger partial charge < -0.3 is 19.3 Å². The van der Waals surface area contributed by atoms with Crippen LogP contribution in [-0.4, -0.2) is 63.8 Å². The average Bonchev–Trinajstić information content (AvgIpc) is 3.54. The molecule has 0 bridgehead atoms. The molecule has 2 fully saturated rings. The van der Waals surface area contributed by atoms with E-state index >= 15 is 0 Å². The van der Waals surface area contributed by atoms with E-state index in [1.54, 1.807) is 18.7 Å². The first-order chi connectivity index (χ1) is 17.4. The number of halogens is 2. The lowest BCUT2D eigenvalue weighted by atomic mass is 10.0. The van der Waals surface area contributed by atoms with Crippen LogP contribution in [0.3, 0.4) is 0 Å². The van der Waals surface area contributed by atoms with Gasteiger partial charge in [0.1, 0.15) is 36.3 Å². The van der Waals surface area contributed by atoms with Crippen molar-refractivity contribution in [3.8, 4) is 0 Å². The van der Waals surface area contributed by atoms with Gasteiger partial charge in [-0.05, 0) is 29.8 Å². The summed E-state index contributed by atoms with van der Waals surface area (Å²) in [5.74, 6) is -2.04. The number of carbonyl (C=O) groups is 1. The molecule has 11 heteroatoms. The number of anilines is 1. The Kier molecular flexibility index (Phi) is 7.22. The van der Waals surface area contributed by atoms with Crippen molar-refractivity contribution in [2.75, 3.05) is 37.7 Å². The monoisotopic (exact) mass is 515 g/mol. The Morgan fingerprint density at radius 2 is 1.92 bits per heavy atom. The molecular weight excluding hydrogens is 488 g/mol. The summed E-state index contributed by atoms with van der Waals surface area (Å²) in [6.07, 6.45) is 2.88. The zero-order chi connectivity index (χ0) is 25.1. The summed E-state index contributed by atoms with van der Waals surface area (Å²) in [5.41, 5.74) is 2.02. The molecule has 0 spiro atoms. The van der Waals surface area contributed by atoms with E-state index in [2.05, 4.69) is 39.2 Å². The van der Waals surface area contributed by atoms with Crippen molar-refractivity contribution in [1.82, 2.24) is 19.7 Å². The number of aromatic nitrogens is 3. The molecular formula is C25H27F2N5O3S. The van der Waals surface area contributed by atoms with Gasteiger partial charge in [-0.1, -0.05) is 12.1 Å². The highest BCUT2D eigenvalue weighted by atomic mass is 32.2. The zero-order valence-corrected chi connectivity index (χ0v) is 20.7. The van der Waals surface area contributed by atoms with Crippen LogP contribution in [-0.2, 0) is 32.4 Å². The maximum atomic E-state index is 14.7. The molecule has 3 heterocycles. The first kappa shape index (κ1) is 24.7. The second-order valence-corrected chi connectivity index (χ2v) is 9.95. The molecule has 2 aliphatic heterocycles. The van der Waals surface area contributed by atoms with E-state index in [1.807, 2.05) is 4.90 Å². The zero-order valence-electron chi connectivity index (χ0n) is 19.8. The second kappa shape index (κ2) is 10.5. The van der Waals surface area contributed by atoms with Crippen molar-refractivity contribution in [2.24, 2.45) is 0 Å². The smallest absolute Gasteiger partial charge is 0.219 e. The van der Waals surface area contributed by atoms with Crippen LogP contribution in [0.5, 0.6) is 0 Å². The minimum Gasteiger partial charge on any atom is -0.368 e. The maximum Gasteiger partial charge on any atom is 0.219 e. The molecule has 2 unspecified atom stereocenters. The molecule has 2 aliphatic rings. The number of hydrogen-bond donors (Lipinski definition) is 0. The van der Waals surface area contributed by atoms with Gasteiger partial charge >= 0.3 is 0 Å². The Labute approximate surface area is 212 Å². The first-order valence-electron chi connectivity index (χ1n) is 11.7. The Bertz CT molecular complexity index is 1190. The molecule has 0 radical (unpaired) electrons. The molecule has 2 saturated heterocycles. The number of piperazine rings is 1. The summed E-state index contributed by atoms with van der Waals surface area (Å²) in [7, 11) is 0. The molecule has 36 heavy (non-hydrogen) atoms. The van der Waals surface area contributed by atoms with Gasteiger partial charge in [-0.25, -0.2) is 18.4 Å². The van der Waals surface area contributed by atoms with Crippen LogP contribution < -0.4 is 4.90 Å². The maximum absolute atomic E-state index is 14.7. The highest BCUT2D eigenvalue weighted by Gasteiger charge is 2.46. The molecule has 0 saturated carbocycles. The van der Waals surface area contributed by atoms with Crippen LogP contribution >= 0.6 is 11.8 Å². The van der Waals surface area contributed by atoms with Gasteiger partial charge in [0.2, 0.25) is 11.7 Å². The predicted molar refractivity (Wildman–Crippen MR) is 131 cm³/mol. The Hall–Kier alpha value is -3.02. The summed E-state index contributed by atoms with van der Waals surface area (Å²) in [6.45, 7) is 5.03. The third kappa shape index (κ3) is 5.37. The minimum absolute atomic E-state index is 0.0815. The third-order valence-electron chi connectivity index (χ3n) is 6.41. The SMILES string of the molecule is CC(=O)N1CCN(c2ccc(CSC3COC(Cn4cncn4)(c4ccc(F)cc4F)O3)cc2)CC1. The summed E-state index contributed by atoms with van der Waals surface area (Å²) in [6, 6.07) is 11.7. The van der Waals surface area contributed by atoms with Crippen molar-refractivity contribution in [3.63, 3.8) is 0 Å². The molecule has 2 atom stereocenters. The van der Waals surface area contributed by atoms with Crippen LogP contribution in [0, 0.1) is 11.6 Å². The highest BCUT2D eigenvalue weighted by molar-refractivity contribution is 7.99. The van der Waals surface area contributed by atoms with Crippen LogP contribution in [0.15, 0.2) is 55.1 Å². The molecule has 5 rings (SSSR count). The minimum atomic E-state index is -1.44. The van der Waals surface area contributed by atoms with Crippen molar-refractivity contribution >= 4 is 23.4 Å². The number of ether oxygens (including phenoxy) is 2. The number of hydrogen-bond acceptors (Lipinski definition) is 7. The summed E-state index contributed by atoms with van der Waals surface area (Å²) in [5, 5.41) is 4.09. The van der Waals surface area contributed by atoms with Crippen molar-refractivity contribution in [1.29, 1.82) is 0 Å². The fourth-order valence-corrected chi connectivity index (χ4v) is 5.43. The van der Waals surface area contributed by atoms with Gasteiger partial charge in [-0.3, -0.25) is 4.79 Å². The highest BCUT2D eigenvalue weighted by Crippen LogP contribution is 2.41. The first-order valence-corrected chi connectivity index (χ1v) is 12.8. The number of amides is 1. The predicted octanol–water partition coefficient (Wildman–Crippen LogP) is 3.38. The van der Waals surface area contributed by atoms with Crippen molar-refractivity contribution in [2.45, 2.75) is 30.4 Å². The molecule has 190 valence electrons. The van der Waals surface area contributed by atoms with Gasteiger partial charge in [0.25, 0.3) is 0 Å². The summed E-state index contributed by atoms with van der Waals surface area (Å²) < 4.78 is 42.0. The fourth-order valence-electron chi connectivity index (χ4n) is 4.47. The topological polar surface area (TPSA) is 72.7 Å². The molecule has 0 aliphatic carbocycles. The normalized spacial score (nSPS) is 22.2. The summed E-state index contributed by atoms with van der Waals surface area (Å²) >= 11 is 1.55. The molecule has 1 amide bonds. The van der Waals surface area contributed by atoms with Crippen molar-refractivity contribution < 1.29 is 23.0 Å². The lowest BCUT2D eigenvalue weighted by molar-refractivity contribution is -0.182. The van der Waals surface area contributed by atoms with E-state index in [0.29, 0.717) is 5.75 Å². The van der Waals surface area contributed by atoms with Gasteiger partial charge in [-0.15, -0.1) is 11.8 Å². The van der Waals surface area contributed by atoms with Gasteiger partial charge in [0, 0.05) is 56.2 Å². The molecule has 3 aromatic rings. The number of carbonyl (C=O) groups excluding carboxylic acids is 1. The van der Waals surface area contributed by atoms with Crippen LogP contribution in [0.4, 0.5) is 14.5 Å².